The van der Waals surface area contributed by atoms with Gasteiger partial charge in [-0.2, -0.15) is 0 Å². The lowest BCUT2D eigenvalue weighted by atomic mass is 10.0. The molecule has 0 bridgehead atoms. The predicted molar refractivity (Wildman–Crippen MR) is 82.2 cm³/mol. The molecule has 2 heteroatoms. The second kappa shape index (κ2) is 6.53. The lowest BCUT2D eigenvalue weighted by molar-refractivity contribution is 0.225. The van der Waals surface area contributed by atoms with Gasteiger partial charge in [-0.15, -0.1) is 0 Å². The van der Waals surface area contributed by atoms with E-state index in [0.29, 0.717) is 12.1 Å². The maximum absolute atomic E-state index is 3.61. The van der Waals surface area contributed by atoms with Gasteiger partial charge in [0, 0.05) is 31.7 Å². The molecule has 0 saturated carbocycles. The predicted octanol–water partition coefficient (Wildman–Crippen LogP) is 3.31. The first-order valence-corrected chi connectivity index (χ1v) is 7.60. The lowest BCUT2D eigenvalue weighted by Gasteiger charge is -2.29. The molecule has 0 radical (unpaired) electrons. The lowest BCUT2D eigenvalue weighted by Crippen LogP contribution is -2.37. The number of nitrogens with one attached hydrogen (secondary N) is 1. The van der Waals surface area contributed by atoms with Crippen molar-refractivity contribution in [2.75, 3.05) is 19.6 Å². The van der Waals surface area contributed by atoms with Crippen LogP contribution in [-0.2, 0) is 0 Å². The number of likely N-dealkylation sites (tertiary alicyclic amines) is 1. The number of nitrogens with zero attached hydrogens (tertiary/aromatic N) is 1. The molecule has 1 heterocycles. The fourth-order valence-electron chi connectivity index (χ4n) is 2.91. The summed E-state index contributed by atoms with van der Waals surface area (Å²) in [5.41, 5.74) is 1.44. The van der Waals surface area contributed by atoms with Gasteiger partial charge in [0.15, 0.2) is 0 Å². The molecular weight excluding hydrogens is 232 g/mol. The van der Waals surface area contributed by atoms with Crippen molar-refractivity contribution in [3.63, 3.8) is 0 Å². The molecule has 106 valence electrons. The van der Waals surface area contributed by atoms with Crippen LogP contribution in [0.1, 0.15) is 39.3 Å². The molecule has 1 saturated heterocycles. The molecule has 2 nitrogen and oxygen atoms in total. The third-order valence-electron chi connectivity index (χ3n) is 4.36. The monoisotopic (exact) mass is 260 g/mol. The molecule has 1 aliphatic rings. The zero-order valence-corrected chi connectivity index (χ0v) is 12.8. The molecule has 0 aliphatic carbocycles. The van der Waals surface area contributed by atoms with E-state index in [1.807, 2.05) is 0 Å². The number of rotatable bonds is 5. The smallest absolute Gasteiger partial charge is 0.0472 e. The van der Waals surface area contributed by atoms with Gasteiger partial charge >= 0.3 is 0 Å². The average Bonchev–Trinajstić information content (AvgIpc) is 2.70. The van der Waals surface area contributed by atoms with E-state index in [1.165, 1.54) is 18.7 Å². The summed E-state index contributed by atoms with van der Waals surface area (Å²) in [6.45, 7) is 12.7. The number of benzene rings is 1. The van der Waals surface area contributed by atoms with Crippen LogP contribution < -0.4 is 5.32 Å². The maximum Gasteiger partial charge on any atom is 0.0472 e. The summed E-state index contributed by atoms with van der Waals surface area (Å²) in [6, 6.07) is 12.0. The van der Waals surface area contributed by atoms with Gasteiger partial charge in [-0.25, -0.2) is 0 Å². The molecule has 0 aromatic heterocycles. The summed E-state index contributed by atoms with van der Waals surface area (Å²) in [7, 11) is 0. The highest BCUT2D eigenvalue weighted by Gasteiger charge is 2.31. The van der Waals surface area contributed by atoms with E-state index in [0.717, 1.165) is 18.4 Å². The van der Waals surface area contributed by atoms with Crippen molar-refractivity contribution in [2.24, 2.45) is 11.8 Å². The quantitative estimate of drug-likeness (QED) is 0.874. The summed E-state index contributed by atoms with van der Waals surface area (Å²) in [6.07, 6.45) is 0. The Labute approximate surface area is 118 Å². The third-order valence-corrected chi connectivity index (χ3v) is 4.36. The minimum atomic E-state index is 0.510. The highest BCUT2D eigenvalue weighted by atomic mass is 15.2. The van der Waals surface area contributed by atoms with Gasteiger partial charge in [-0.1, -0.05) is 58.0 Å². The largest absolute Gasteiger partial charge is 0.313 e. The molecule has 1 aliphatic heterocycles. The van der Waals surface area contributed by atoms with Crippen LogP contribution in [-0.4, -0.2) is 30.6 Å². The van der Waals surface area contributed by atoms with Gasteiger partial charge in [0.2, 0.25) is 0 Å². The minimum Gasteiger partial charge on any atom is -0.313 e. The molecule has 1 N–H and O–H groups in total. The fraction of sp³-hybridized carbons (Fsp3) is 0.647. The first-order chi connectivity index (χ1) is 9.08. The van der Waals surface area contributed by atoms with E-state index in [1.54, 1.807) is 0 Å². The van der Waals surface area contributed by atoms with Crippen LogP contribution >= 0.6 is 0 Å². The summed E-state index contributed by atoms with van der Waals surface area (Å²) in [4.78, 5) is 2.65. The van der Waals surface area contributed by atoms with Gasteiger partial charge in [0.05, 0.1) is 0 Å². The molecule has 3 unspecified atom stereocenters. The SMILES string of the molecule is CC(C)NCC(c1ccccc1)N1CC(C)C(C)C1. The van der Waals surface area contributed by atoms with Crippen LogP contribution in [0.15, 0.2) is 30.3 Å². The van der Waals surface area contributed by atoms with Crippen molar-refractivity contribution in [3.8, 4) is 0 Å². The van der Waals surface area contributed by atoms with Crippen molar-refractivity contribution in [1.82, 2.24) is 10.2 Å². The number of hydrogen-bond acceptors (Lipinski definition) is 2. The molecule has 1 fully saturated rings. The summed E-state index contributed by atoms with van der Waals surface area (Å²) >= 11 is 0. The zero-order valence-electron chi connectivity index (χ0n) is 12.8. The Balaban J connectivity index is 2.11. The minimum absolute atomic E-state index is 0.510. The first-order valence-electron chi connectivity index (χ1n) is 7.60. The standard InChI is InChI=1S/C17H28N2/c1-13(2)18-10-17(16-8-6-5-7-9-16)19-11-14(3)15(4)12-19/h5-9,13-15,17-18H,10-12H2,1-4H3. The second-order valence-corrected chi connectivity index (χ2v) is 6.40. The topological polar surface area (TPSA) is 15.3 Å². The summed E-state index contributed by atoms with van der Waals surface area (Å²) in [5.74, 6) is 1.62. The van der Waals surface area contributed by atoms with Crippen molar-refractivity contribution in [3.05, 3.63) is 35.9 Å². The normalized spacial score (nSPS) is 25.9. The molecule has 3 atom stereocenters. The van der Waals surface area contributed by atoms with Crippen molar-refractivity contribution in [2.45, 2.75) is 39.8 Å². The number of hydrogen-bond donors (Lipinski definition) is 1. The average molecular weight is 260 g/mol. The van der Waals surface area contributed by atoms with Crippen LogP contribution in [0.2, 0.25) is 0 Å². The van der Waals surface area contributed by atoms with Crippen LogP contribution in [0.3, 0.4) is 0 Å². The zero-order chi connectivity index (χ0) is 13.8. The molecule has 2 rings (SSSR count). The molecule has 19 heavy (non-hydrogen) atoms. The first kappa shape index (κ1) is 14.5. The van der Waals surface area contributed by atoms with Gasteiger partial charge < -0.3 is 5.32 Å². The Morgan fingerprint density at radius 3 is 2.21 bits per heavy atom. The van der Waals surface area contributed by atoms with Gasteiger partial charge in [-0.3, -0.25) is 4.90 Å². The second-order valence-electron chi connectivity index (χ2n) is 6.40. The Bertz CT molecular complexity index is 364. The molecular formula is C17H28N2. The van der Waals surface area contributed by atoms with E-state index in [4.69, 9.17) is 0 Å². The van der Waals surface area contributed by atoms with E-state index in [2.05, 4.69) is 68.2 Å². The summed E-state index contributed by atoms with van der Waals surface area (Å²) in [5, 5.41) is 3.61. The Morgan fingerprint density at radius 2 is 1.68 bits per heavy atom. The van der Waals surface area contributed by atoms with Gasteiger partial charge in [0.25, 0.3) is 0 Å². The fourth-order valence-corrected chi connectivity index (χ4v) is 2.91. The maximum atomic E-state index is 3.61. The van der Waals surface area contributed by atoms with Crippen LogP contribution in [0.25, 0.3) is 0 Å². The van der Waals surface area contributed by atoms with E-state index in [9.17, 15) is 0 Å². The van der Waals surface area contributed by atoms with Crippen LogP contribution in [0.5, 0.6) is 0 Å². The van der Waals surface area contributed by atoms with E-state index in [-0.39, 0.29) is 0 Å². The highest BCUT2D eigenvalue weighted by molar-refractivity contribution is 5.20. The van der Waals surface area contributed by atoms with Crippen LogP contribution in [0, 0.1) is 11.8 Å². The molecule has 0 amide bonds. The van der Waals surface area contributed by atoms with Gasteiger partial charge in [-0.05, 0) is 17.4 Å². The van der Waals surface area contributed by atoms with Crippen molar-refractivity contribution >= 4 is 0 Å². The van der Waals surface area contributed by atoms with Crippen molar-refractivity contribution in [1.29, 1.82) is 0 Å². The van der Waals surface area contributed by atoms with E-state index < -0.39 is 0 Å². The van der Waals surface area contributed by atoms with E-state index >= 15 is 0 Å². The third kappa shape index (κ3) is 3.80. The van der Waals surface area contributed by atoms with Crippen molar-refractivity contribution < 1.29 is 0 Å². The Kier molecular flexibility index (Phi) is 5.00. The molecule has 1 aromatic carbocycles. The highest BCUT2D eigenvalue weighted by Crippen LogP contribution is 2.30. The Hall–Kier alpha value is -0.860. The van der Waals surface area contributed by atoms with Crippen LogP contribution in [0.4, 0.5) is 0 Å². The van der Waals surface area contributed by atoms with Gasteiger partial charge in [0.1, 0.15) is 0 Å². The molecule has 0 spiro atoms. The summed E-state index contributed by atoms with van der Waals surface area (Å²) < 4.78 is 0. The Morgan fingerprint density at radius 1 is 1.11 bits per heavy atom. The molecule has 1 aromatic rings.